The number of anilines is 1. The van der Waals surface area contributed by atoms with Crippen LogP contribution in [0.3, 0.4) is 0 Å². The Morgan fingerprint density at radius 3 is 2.47 bits per heavy atom. The van der Waals surface area contributed by atoms with Crippen molar-refractivity contribution in [2.45, 2.75) is 27.2 Å². The van der Waals surface area contributed by atoms with Crippen molar-refractivity contribution in [2.75, 3.05) is 18.4 Å². The fraction of sp³-hybridized carbons (Fsp3) is 0.500. The third-order valence-electron chi connectivity index (χ3n) is 2.90. The molecule has 94 valence electrons. The lowest BCUT2D eigenvalue weighted by Gasteiger charge is -2.22. The van der Waals surface area contributed by atoms with Crippen molar-refractivity contribution in [3.63, 3.8) is 0 Å². The van der Waals surface area contributed by atoms with Crippen LogP contribution in [0.15, 0.2) is 30.3 Å². The van der Waals surface area contributed by atoms with Crippen LogP contribution >= 0.6 is 0 Å². The molecule has 3 heteroatoms. The summed E-state index contributed by atoms with van der Waals surface area (Å²) in [6.45, 7) is 7.75. The van der Waals surface area contributed by atoms with Crippen molar-refractivity contribution in [1.82, 2.24) is 5.32 Å². The van der Waals surface area contributed by atoms with E-state index in [1.807, 2.05) is 30.3 Å². The Morgan fingerprint density at radius 1 is 1.24 bits per heavy atom. The SMILES string of the molecule is CCC(C)(C)CNCC(=O)Nc1ccccc1. The maximum Gasteiger partial charge on any atom is 0.238 e. The number of benzene rings is 1. The van der Waals surface area contributed by atoms with Crippen LogP contribution in [0.4, 0.5) is 5.69 Å². The Labute approximate surface area is 104 Å². The second-order valence-electron chi connectivity index (χ2n) is 5.04. The van der Waals surface area contributed by atoms with Gasteiger partial charge in [-0.25, -0.2) is 0 Å². The molecule has 0 atom stereocenters. The minimum absolute atomic E-state index is 0.00287. The van der Waals surface area contributed by atoms with Gasteiger partial charge in [-0.05, 0) is 24.0 Å². The fourth-order valence-electron chi connectivity index (χ4n) is 1.37. The Morgan fingerprint density at radius 2 is 1.88 bits per heavy atom. The van der Waals surface area contributed by atoms with Gasteiger partial charge in [0.15, 0.2) is 0 Å². The molecule has 1 amide bonds. The molecule has 0 aliphatic rings. The van der Waals surface area contributed by atoms with Crippen molar-refractivity contribution >= 4 is 11.6 Å². The van der Waals surface area contributed by atoms with Crippen LogP contribution in [0.2, 0.25) is 0 Å². The Hall–Kier alpha value is -1.35. The second kappa shape index (κ2) is 6.40. The van der Waals surface area contributed by atoms with E-state index >= 15 is 0 Å². The predicted molar refractivity (Wildman–Crippen MR) is 72.0 cm³/mol. The first-order valence-corrected chi connectivity index (χ1v) is 6.09. The number of nitrogens with one attached hydrogen (secondary N) is 2. The van der Waals surface area contributed by atoms with Crippen LogP contribution in [-0.4, -0.2) is 19.0 Å². The molecule has 0 aliphatic carbocycles. The average molecular weight is 234 g/mol. The van der Waals surface area contributed by atoms with Crippen molar-refractivity contribution in [3.05, 3.63) is 30.3 Å². The van der Waals surface area contributed by atoms with E-state index in [0.717, 1.165) is 18.7 Å². The number of rotatable bonds is 6. The highest BCUT2D eigenvalue weighted by Gasteiger charge is 2.14. The van der Waals surface area contributed by atoms with E-state index in [4.69, 9.17) is 0 Å². The summed E-state index contributed by atoms with van der Waals surface area (Å²) in [5, 5.41) is 6.03. The third-order valence-corrected chi connectivity index (χ3v) is 2.90. The lowest BCUT2D eigenvalue weighted by molar-refractivity contribution is -0.115. The number of hydrogen-bond acceptors (Lipinski definition) is 2. The van der Waals surface area contributed by atoms with Gasteiger partial charge in [0, 0.05) is 12.2 Å². The molecule has 3 nitrogen and oxygen atoms in total. The van der Waals surface area contributed by atoms with Crippen LogP contribution < -0.4 is 10.6 Å². The van der Waals surface area contributed by atoms with Crippen LogP contribution in [-0.2, 0) is 4.79 Å². The first-order valence-electron chi connectivity index (χ1n) is 6.09. The highest BCUT2D eigenvalue weighted by molar-refractivity contribution is 5.92. The van der Waals surface area contributed by atoms with Crippen molar-refractivity contribution < 1.29 is 4.79 Å². The fourth-order valence-corrected chi connectivity index (χ4v) is 1.37. The topological polar surface area (TPSA) is 41.1 Å². The van der Waals surface area contributed by atoms with Gasteiger partial charge >= 0.3 is 0 Å². The minimum Gasteiger partial charge on any atom is -0.325 e. The predicted octanol–water partition coefficient (Wildman–Crippen LogP) is 2.65. The number of carbonyl (C=O) groups excluding carboxylic acids is 1. The highest BCUT2D eigenvalue weighted by Crippen LogP contribution is 2.17. The summed E-state index contributed by atoms with van der Waals surface area (Å²) in [6.07, 6.45) is 1.10. The molecule has 1 aromatic rings. The van der Waals surface area contributed by atoms with Crippen LogP contribution in [0.1, 0.15) is 27.2 Å². The molecule has 0 aliphatic heterocycles. The van der Waals surface area contributed by atoms with Gasteiger partial charge in [-0.3, -0.25) is 4.79 Å². The summed E-state index contributed by atoms with van der Waals surface area (Å²) in [5.41, 5.74) is 1.08. The standard InChI is InChI=1S/C14H22N2O/c1-4-14(2,3)11-15-10-13(17)16-12-8-6-5-7-9-12/h5-9,15H,4,10-11H2,1-3H3,(H,16,17). The molecule has 2 N–H and O–H groups in total. The Bertz CT molecular complexity index is 346. The first kappa shape index (κ1) is 13.7. The molecule has 0 radical (unpaired) electrons. The summed E-state index contributed by atoms with van der Waals surface area (Å²) in [6, 6.07) is 9.51. The third kappa shape index (κ3) is 5.50. The lowest BCUT2D eigenvalue weighted by Crippen LogP contribution is -2.34. The molecule has 0 heterocycles. The second-order valence-corrected chi connectivity index (χ2v) is 5.04. The summed E-state index contributed by atoms with van der Waals surface area (Å²) >= 11 is 0. The van der Waals surface area contributed by atoms with Gasteiger partial charge in [-0.15, -0.1) is 0 Å². The van der Waals surface area contributed by atoms with Gasteiger partial charge in [0.2, 0.25) is 5.91 Å². The monoisotopic (exact) mass is 234 g/mol. The molecule has 0 bridgehead atoms. The van der Waals surface area contributed by atoms with E-state index in [-0.39, 0.29) is 11.3 Å². The molecule has 0 fully saturated rings. The number of hydrogen-bond donors (Lipinski definition) is 2. The van der Waals surface area contributed by atoms with E-state index in [0.29, 0.717) is 6.54 Å². The maximum absolute atomic E-state index is 11.6. The average Bonchev–Trinajstić information content (AvgIpc) is 2.30. The molecule has 0 spiro atoms. The Balaban J connectivity index is 2.27. The van der Waals surface area contributed by atoms with Crippen molar-refractivity contribution in [1.29, 1.82) is 0 Å². The highest BCUT2D eigenvalue weighted by atomic mass is 16.1. The molecular formula is C14H22N2O. The normalized spacial score (nSPS) is 11.2. The van der Waals surface area contributed by atoms with Gasteiger partial charge < -0.3 is 10.6 Å². The van der Waals surface area contributed by atoms with E-state index < -0.39 is 0 Å². The minimum atomic E-state index is 0.00287. The van der Waals surface area contributed by atoms with Gasteiger partial charge in [-0.1, -0.05) is 39.0 Å². The number of para-hydroxylation sites is 1. The molecule has 0 saturated carbocycles. The molecule has 0 saturated heterocycles. The zero-order chi connectivity index (χ0) is 12.7. The molecule has 1 rings (SSSR count). The van der Waals surface area contributed by atoms with Gasteiger partial charge in [0.25, 0.3) is 0 Å². The lowest BCUT2D eigenvalue weighted by atomic mass is 9.90. The zero-order valence-corrected chi connectivity index (χ0v) is 10.9. The number of carbonyl (C=O) groups is 1. The molecule has 17 heavy (non-hydrogen) atoms. The van der Waals surface area contributed by atoms with Gasteiger partial charge in [0.05, 0.1) is 6.54 Å². The van der Waals surface area contributed by atoms with Gasteiger partial charge in [-0.2, -0.15) is 0 Å². The van der Waals surface area contributed by atoms with Crippen molar-refractivity contribution in [2.24, 2.45) is 5.41 Å². The van der Waals surface area contributed by atoms with Crippen LogP contribution in [0.5, 0.6) is 0 Å². The van der Waals surface area contributed by atoms with Crippen molar-refractivity contribution in [3.8, 4) is 0 Å². The van der Waals surface area contributed by atoms with E-state index in [1.54, 1.807) is 0 Å². The quantitative estimate of drug-likeness (QED) is 0.794. The first-order chi connectivity index (χ1) is 8.03. The zero-order valence-electron chi connectivity index (χ0n) is 10.9. The van der Waals surface area contributed by atoms with E-state index in [2.05, 4.69) is 31.4 Å². The van der Waals surface area contributed by atoms with Crippen LogP contribution in [0, 0.1) is 5.41 Å². The maximum atomic E-state index is 11.6. The molecule has 0 unspecified atom stereocenters. The molecule has 0 aromatic heterocycles. The van der Waals surface area contributed by atoms with Crippen LogP contribution in [0.25, 0.3) is 0 Å². The number of amides is 1. The largest absolute Gasteiger partial charge is 0.325 e. The van der Waals surface area contributed by atoms with E-state index in [1.165, 1.54) is 0 Å². The summed E-state index contributed by atoms with van der Waals surface area (Å²) in [7, 11) is 0. The molecule has 1 aromatic carbocycles. The summed E-state index contributed by atoms with van der Waals surface area (Å²) in [5.74, 6) is 0.00287. The van der Waals surface area contributed by atoms with E-state index in [9.17, 15) is 4.79 Å². The smallest absolute Gasteiger partial charge is 0.238 e. The summed E-state index contributed by atoms with van der Waals surface area (Å²) < 4.78 is 0. The molecular weight excluding hydrogens is 212 g/mol. The summed E-state index contributed by atoms with van der Waals surface area (Å²) in [4.78, 5) is 11.6. The van der Waals surface area contributed by atoms with Gasteiger partial charge in [0.1, 0.15) is 0 Å². The Kier molecular flexibility index (Phi) is 5.16.